The molecule has 0 saturated heterocycles. The van der Waals surface area contributed by atoms with Gasteiger partial charge in [0.15, 0.2) is 0 Å². The number of rotatable bonds is 1. The zero-order valence-corrected chi connectivity index (χ0v) is 13.1. The van der Waals surface area contributed by atoms with Crippen LogP contribution < -0.4 is 0 Å². The van der Waals surface area contributed by atoms with Gasteiger partial charge in [-0.1, -0.05) is 25.6 Å². The summed E-state index contributed by atoms with van der Waals surface area (Å²) >= 11 is 1.78. The number of aryl methyl sites for hydroxylation is 1. The van der Waals surface area contributed by atoms with Gasteiger partial charge >= 0.3 is 0 Å². The first-order chi connectivity index (χ1) is 10.3. The first-order valence-electron chi connectivity index (χ1n) is 6.97. The van der Waals surface area contributed by atoms with Gasteiger partial charge in [0.1, 0.15) is 5.03 Å². The van der Waals surface area contributed by atoms with Crippen molar-refractivity contribution in [2.24, 2.45) is 7.05 Å². The van der Waals surface area contributed by atoms with E-state index in [-0.39, 0.29) is 0 Å². The highest BCUT2D eigenvalue weighted by atomic mass is 32.2. The fourth-order valence-electron chi connectivity index (χ4n) is 2.28. The van der Waals surface area contributed by atoms with Crippen LogP contribution >= 0.6 is 11.8 Å². The van der Waals surface area contributed by atoms with E-state index in [9.17, 15) is 0 Å². The van der Waals surface area contributed by atoms with Crippen LogP contribution in [-0.2, 0) is 12.8 Å². The van der Waals surface area contributed by atoms with Crippen molar-refractivity contribution in [3.63, 3.8) is 0 Å². The maximum Gasteiger partial charge on any atom is 0.102 e. The Kier molecular flexibility index (Phi) is 3.79. The lowest BCUT2D eigenvalue weighted by Crippen LogP contribution is -1.98. The van der Waals surface area contributed by atoms with E-state index in [4.69, 9.17) is 0 Å². The summed E-state index contributed by atoms with van der Waals surface area (Å²) in [5, 5.41) is 10.2. The van der Waals surface area contributed by atoms with E-state index in [0.717, 1.165) is 17.1 Å². The van der Waals surface area contributed by atoms with E-state index in [1.807, 2.05) is 54.8 Å². The summed E-state index contributed by atoms with van der Waals surface area (Å²) in [4.78, 5) is 4.13. The first-order valence-corrected chi connectivity index (χ1v) is 7.95. The molecule has 6 heteroatoms. The quantitative estimate of drug-likeness (QED) is 0.692. The zero-order chi connectivity index (χ0) is 14.8. The fourth-order valence-corrected chi connectivity index (χ4v) is 3.32. The SMILES string of the molecule is CC.Cn1ncc2c1SCc1nn(-c3cccnc3)cc1-2. The normalized spacial score (nSPS) is 12.1. The zero-order valence-electron chi connectivity index (χ0n) is 12.3. The summed E-state index contributed by atoms with van der Waals surface area (Å²) < 4.78 is 3.81. The van der Waals surface area contributed by atoms with E-state index in [1.54, 1.807) is 18.0 Å². The Labute approximate surface area is 128 Å². The fraction of sp³-hybridized carbons (Fsp3) is 0.267. The molecule has 0 N–H and O–H groups in total. The van der Waals surface area contributed by atoms with Crippen LogP contribution in [0.25, 0.3) is 16.8 Å². The van der Waals surface area contributed by atoms with Gasteiger partial charge in [-0.05, 0) is 12.1 Å². The molecule has 108 valence electrons. The number of thioether (sulfide) groups is 1. The highest BCUT2D eigenvalue weighted by Crippen LogP contribution is 2.40. The minimum Gasteiger partial charge on any atom is -0.262 e. The van der Waals surface area contributed by atoms with E-state index < -0.39 is 0 Å². The van der Waals surface area contributed by atoms with Gasteiger partial charge in [-0.2, -0.15) is 10.2 Å². The maximum atomic E-state index is 4.65. The molecular weight excluding hydrogens is 282 g/mol. The first kappa shape index (κ1) is 13.9. The summed E-state index contributed by atoms with van der Waals surface area (Å²) in [7, 11) is 1.97. The molecule has 3 aromatic rings. The molecule has 3 aromatic heterocycles. The predicted octanol–water partition coefficient (Wildman–Crippen LogP) is 3.30. The average Bonchev–Trinajstić information content (AvgIpc) is 3.14. The molecule has 0 spiro atoms. The van der Waals surface area contributed by atoms with E-state index in [2.05, 4.69) is 21.4 Å². The van der Waals surface area contributed by atoms with Crippen molar-refractivity contribution >= 4 is 11.8 Å². The van der Waals surface area contributed by atoms with Gasteiger partial charge in [0, 0.05) is 36.3 Å². The van der Waals surface area contributed by atoms with Crippen molar-refractivity contribution in [2.75, 3.05) is 0 Å². The molecule has 0 fully saturated rings. The Bertz CT molecular complexity index is 745. The molecule has 0 radical (unpaired) electrons. The Balaban J connectivity index is 0.000000636. The highest BCUT2D eigenvalue weighted by Gasteiger charge is 2.23. The van der Waals surface area contributed by atoms with Crippen LogP contribution in [0.3, 0.4) is 0 Å². The third kappa shape index (κ3) is 2.35. The van der Waals surface area contributed by atoms with Crippen molar-refractivity contribution < 1.29 is 0 Å². The molecule has 0 aliphatic carbocycles. The van der Waals surface area contributed by atoms with Crippen LogP contribution in [0.4, 0.5) is 0 Å². The molecule has 1 aliphatic rings. The van der Waals surface area contributed by atoms with Gasteiger partial charge in [-0.25, -0.2) is 4.68 Å². The van der Waals surface area contributed by atoms with E-state index in [0.29, 0.717) is 0 Å². The average molecular weight is 299 g/mol. The van der Waals surface area contributed by atoms with Crippen LogP contribution in [0.2, 0.25) is 0 Å². The van der Waals surface area contributed by atoms with Crippen molar-refractivity contribution in [1.82, 2.24) is 24.5 Å². The topological polar surface area (TPSA) is 48.5 Å². The predicted molar refractivity (Wildman–Crippen MR) is 84.5 cm³/mol. The van der Waals surface area contributed by atoms with Crippen molar-refractivity contribution in [2.45, 2.75) is 24.6 Å². The second-order valence-corrected chi connectivity index (χ2v) is 5.38. The van der Waals surface area contributed by atoms with E-state index in [1.165, 1.54) is 16.2 Å². The Hall–Kier alpha value is -2.08. The number of pyridine rings is 1. The molecule has 4 rings (SSSR count). The second kappa shape index (κ2) is 5.73. The summed E-state index contributed by atoms with van der Waals surface area (Å²) in [6.07, 6.45) is 7.56. The summed E-state index contributed by atoms with van der Waals surface area (Å²) in [5.41, 5.74) is 4.43. The maximum absolute atomic E-state index is 4.65. The van der Waals surface area contributed by atoms with Crippen molar-refractivity contribution in [1.29, 1.82) is 0 Å². The molecule has 0 aromatic carbocycles. The van der Waals surface area contributed by atoms with Gasteiger partial charge < -0.3 is 0 Å². The summed E-state index contributed by atoms with van der Waals surface area (Å²) in [6, 6.07) is 3.92. The van der Waals surface area contributed by atoms with Crippen LogP contribution in [0, 0.1) is 0 Å². The molecule has 0 atom stereocenters. The third-order valence-corrected chi connectivity index (χ3v) is 4.40. The van der Waals surface area contributed by atoms with Crippen LogP contribution in [-0.4, -0.2) is 24.5 Å². The number of hydrogen-bond acceptors (Lipinski definition) is 4. The van der Waals surface area contributed by atoms with Gasteiger partial charge in [-0.15, -0.1) is 0 Å². The molecule has 1 aliphatic heterocycles. The van der Waals surface area contributed by atoms with E-state index >= 15 is 0 Å². The Morgan fingerprint density at radius 2 is 2.05 bits per heavy atom. The minimum absolute atomic E-state index is 0.884. The lowest BCUT2D eigenvalue weighted by atomic mass is 10.1. The number of hydrogen-bond donors (Lipinski definition) is 0. The van der Waals surface area contributed by atoms with Crippen LogP contribution in [0.5, 0.6) is 0 Å². The number of fused-ring (bicyclic) bond motifs is 3. The summed E-state index contributed by atoms with van der Waals surface area (Å²) in [6.45, 7) is 4.00. The van der Waals surface area contributed by atoms with Crippen molar-refractivity contribution in [3.05, 3.63) is 42.6 Å². The Morgan fingerprint density at radius 1 is 1.19 bits per heavy atom. The minimum atomic E-state index is 0.884. The Morgan fingerprint density at radius 3 is 2.81 bits per heavy atom. The van der Waals surface area contributed by atoms with Crippen LogP contribution in [0.15, 0.2) is 41.9 Å². The molecule has 0 bridgehead atoms. The smallest absolute Gasteiger partial charge is 0.102 e. The van der Waals surface area contributed by atoms with Crippen LogP contribution in [0.1, 0.15) is 19.5 Å². The number of nitrogens with zero attached hydrogens (tertiary/aromatic N) is 5. The summed E-state index contributed by atoms with van der Waals surface area (Å²) in [5.74, 6) is 0.884. The lowest BCUT2D eigenvalue weighted by molar-refractivity contribution is 0.699. The molecule has 0 amide bonds. The second-order valence-electron chi connectivity index (χ2n) is 4.42. The largest absolute Gasteiger partial charge is 0.262 e. The molecule has 21 heavy (non-hydrogen) atoms. The molecule has 4 heterocycles. The monoisotopic (exact) mass is 299 g/mol. The molecule has 0 unspecified atom stereocenters. The lowest BCUT2D eigenvalue weighted by Gasteiger charge is -2.10. The third-order valence-electron chi connectivity index (χ3n) is 3.22. The molecular formula is C15H17N5S. The highest BCUT2D eigenvalue weighted by molar-refractivity contribution is 7.98. The van der Waals surface area contributed by atoms with Gasteiger partial charge in [0.25, 0.3) is 0 Å². The van der Waals surface area contributed by atoms with Crippen molar-refractivity contribution in [3.8, 4) is 16.8 Å². The van der Waals surface area contributed by atoms with Gasteiger partial charge in [0.2, 0.25) is 0 Å². The molecule has 5 nitrogen and oxygen atoms in total. The van der Waals surface area contributed by atoms with Gasteiger partial charge in [0.05, 0.1) is 23.8 Å². The number of aromatic nitrogens is 5. The molecule has 0 saturated carbocycles. The standard InChI is InChI=1S/C13H11N5S.C2H6/c1-17-13-10(6-15-17)11-7-18(16-12(11)8-19-13)9-3-2-4-14-5-9;1-2/h2-7H,8H2,1H3;1-2H3. The van der Waals surface area contributed by atoms with Gasteiger partial charge in [-0.3, -0.25) is 9.67 Å².